The quantitative estimate of drug-likeness (QED) is 0.732. The van der Waals surface area contributed by atoms with Crippen molar-refractivity contribution in [2.75, 3.05) is 20.2 Å². The summed E-state index contributed by atoms with van der Waals surface area (Å²) in [4.78, 5) is 27.1. The standard InChI is InChI=1S/C21H23ClN2O3/c1-4-24(5-2)21(26)19(14-15-6-10-17(22)11-7-15)23-20(25)16-8-12-18(27-3)13-9-16/h6-14H,4-5H2,1-3H3,(H,23,25)/b19-14+. The van der Waals surface area contributed by atoms with Crippen LogP contribution in [0.1, 0.15) is 29.8 Å². The molecule has 0 heterocycles. The van der Waals surface area contributed by atoms with Crippen LogP contribution in [0, 0.1) is 0 Å². The maximum atomic E-state index is 12.8. The van der Waals surface area contributed by atoms with Crippen LogP contribution in [0.3, 0.4) is 0 Å². The summed E-state index contributed by atoms with van der Waals surface area (Å²) in [6.45, 7) is 4.89. The normalized spacial score (nSPS) is 11.0. The molecular formula is C21H23ClN2O3. The van der Waals surface area contributed by atoms with E-state index in [1.807, 2.05) is 13.8 Å². The molecule has 2 aromatic rings. The molecule has 0 aliphatic heterocycles. The molecule has 0 saturated carbocycles. The highest BCUT2D eigenvalue weighted by molar-refractivity contribution is 6.30. The highest BCUT2D eigenvalue weighted by Gasteiger charge is 2.19. The van der Waals surface area contributed by atoms with Crippen LogP contribution in [0.25, 0.3) is 6.08 Å². The molecule has 0 aliphatic carbocycles. The third-order valence-electron chi connectivity index (χ3n) is 4.06. The molecule has 27 heavy (non-hydrogen) atoms. The van der Waals surface area contributed by atoms with E-state index in [0.29, 0.717) is 29.4 Å². The van der Waals surface area contributed by atoms with E-state index in [9.17, 15) is 9.59 Å². The van der Waals surface area contributed by atoms with E-state index in [2.05, 4.69) is 5.32 Å². The maximum Gasteiger partial charge on any atom is 0.270 e. The van der Waals surface area contributed by atoms with E-state index in [4.69, 9.17) is 16.3 Å². The second kappa shape index (κ2) is 9.78. The van der Waals surface area contributed by atoms with Crippen LogP contribution in [-0.4, -0.2) is 36.9 Å². The second-order valence-electron chi connectivity index (χ2n) is 5.77. The topological polar surface area (TPSA) is 58.6 Å². The van der Waals surface area contributed by atoms with Crippen molar-refractivity contribution in [3.63, 3.8) is 0 Å². The molecule has 0 fully saturated rings. The number of nitrogens with zero attached hydrogens (tertiary/aromatic N) is 1. The van der Waals surface area contributed by atoms with Gasteiger partial charge in [-0.1, -0.05) is 23.7 Å². The largest absolute Gasteiger partial charge is 0.497 e. The van der Waals surface area contributed by atoms with Crippen LogP contribution in [0.15, 0.2) is 54.2 Å². The molecule has 5 nitrogen and oxygen atoms in total. The Balaban J connectivity index is 2.31. The number of hydrogen-bond acceptors (Lipinski definition) is 3. The number of likely N-dealkylation sites (N-methyl/N-ethyl adjacent to an activating group) is 1. The number of halogens is 1. The first-order valence-corrected chi connectivity index (χ1v) is 9.08. The number of amides is 2. The highest BCUT2D eigenvalue weighted by Crippen LogP contribution is 2.15. The molecule has 1 N–H and O–H groups in total. The third-order valence-corrected chi connectivity index (χ3v) is 4.31. The van der Waals surface area contributed by atoms with Gasteiger partial charge in [0.2, 0.25) is 0 Å². The van der Waals surface area contributed by atoms with Crippen LogP contribution >= 0.6 is 11.6 Å². The fourth-order valence-electron chi connectivity index (χ4n) is 2.49. The van der Waals surface area contributed by atoms with Crippen LogP contribution in [0.4, 0.5) is 0 Å². The molecule has 2 amide bonds. The van der Waals surface area contributed by atoms with Gasteiger partial charge in [0, 0.05) is 23.7 Å². The summed E-state index contributed by atoms with van der Waals surface area (Å²) in [6, 6.07) is 13.7. The summed E-state index contributed by atoms with van der Waals surface area (Å²) in [5.41, 5.74) is 1.41. The highest BCUT2D eigenvalue weighted by atomic mass is 35.5. The van der Waals surface area contributed by atoms with E-state index in [1.54, 1.807) is 66.6 Å². The number of nitrogens with one attached hydrogen (secondary N) is 1. The Morgan fingerprint density at radius 1 is 1.04 bits per heavy atom. The first-order valence-electron chi connectivity index (χ1n) is 8.70. The lowest BCUT2D eigenvalue weighted by atomic mass is 10.1. The molecule has 0 radical (unpaired) electrons. The molecule has 0 unspecified atom stereocenters. The van der Waals surface area contributed by atoms with E-state index < -0.39 is 0 Å². The van der Waals surface area contributed by atoms with Crippen molar-refractivity contribution in [3.05, 3.63) is 70.4 Å². The van der Waals surface area contributed by atoms with Gasteiger partial charge in [0.25, 0.3) is 11.8 Å². The molecule has 6 heteroatoms. The predicted octanol–water partition coefficient (Wildman–Crippen LogP) is 3.99. The first-order chi connectivity index (χ1) is 13.0. The Morgan fingerprint density at radius 3 is 2.15 bits per heavy atom. The minimum atomic E-state index is -0.363. The smallest absolute Gasteiger partial charge is 0.270 e. The Labute approximate surface area is 164 Å². The number of methoxy groups -OCH3 is 1. The minimum absolute atomic E-state index is 0.210. The van der Waals surface area contributed by atoms with Gasteiger partial charge in [-0.3, -0.25) is 9.59 Å². The van der Waals surface area contributed by atoms with E-state index in [1.165, 1.54) is 0 Å². The van der Waals surface area contributed by atoms with Gasteiger partial charge in [-0.25, -0.2) is 0 Å². The van der Waals surface area contributed by atoms with Crippen LogP contribution in [0.5, 0.6) is 5.75 Å². The second-order valence-corrected chi connectivity index (χ2v) is 6.21. The number of rotatable bonds is 7. The van der Waals surface area contributed by atoms with Gasteiger partial charge in [0.15, 0.2) is 0 Å². The SMILES string of the molecule is CCN(CC)C(=O)/C(=C\c1ccc(Cl)cc1)NC(=O)c1ccc(OC)cc1. The number of carbonyl (C=O) groups excluding carboxylic acids is 2. The third kappa shape index (κ3) is 5.59. The number of ether oxygens (including phenoxy) is 1. The molecule has 0 spiro atoms. The molecule has 142 valence electrons. The van der Waals surface area contributed by atoms with Crippen molar-refractivity contribution >= 4 is 29.5 Å². The minimum Gasteiger partial charge on any atom is -0.497 e. The zero-order valence-corrected chi connectivity index (χ0v) is 16.4. The first kappa shape index (κ1) is 20.5. The number of hydrogen-bond donors (Lipinski definition) is 1. The van der Waals surface area contributed by atoms with Gasteiger partial charge in [0.1, 0.15) is 11.4 Å². The zero-order chi connectivity index (χ0) is 19.8. The monoisotopic (exact) mass is 386 g/mol. The predicted molar refractivity (Wildman–Crippen MR) is 108 cm³/mol. The molecule has 0 saturated heterocycles. The molecule has 0 aliphatic rings. The van der Waals surface area contributed by atoms with Gasteiger partial charge in [-0.05, 0) is 61.9 Å². The zero-order valence-electron chi connectivity index (χ0n) is 15.7. The number of carbonyl (C=O) groups is 2. The van der Waals surface area contributed by atoms with Gasteiger partial charge in [-0.2, -0.15) is 0 Å². The maximum absolute atomic E-state index is 12.8. The summed E-state index contributed by atoms with van der Waals surface area (Å²) in [6.07, 6.45) is 1.65. The van der Waals surface area contributed by atoms with E-state index in [-0.39, 0.29) is 17.5 Å². The van der Waals surface area contributed by atoms with Crippen LogP contribution in [-0.2, 0) is 4.79 Å². The lowest BCUT2D eigenvalue weighted by Crippen LogP contribution is -2.38. The molecular weight excluding hydrogens is 364 g/mol. The van der Waals surface area contributed by atoms with Crippen molar-refractivity contribution in [1.82, 2.24) is 10.2 Å². The van der Waals surface area contributed by atoms with Crippen molar-refractivity contribution in [1.29, 1.82) is 0 Å². The average molecular weight is 387 g/mol. The van der Waals surface area contributed by atoms with Gasteiger partial charge >= 0.3 is 0 Å². The lowest BCUT2D eigenvalue weighted by Gasteiger charge is -2.21. The van der Waals surface area contributed by atoms with Gasteiger partial charge in [0.05, 0.1) is 7.11 Å². The summed E-state index contributed by atoms with van der Waals surface area (Å²) in [7, 11) is 1.56. The van der Waals surface area contributed by atoms with Crippen molar-refractivity contribution in [2.24, 2.45) is 0 Å². The fourth-order valence-corrected chi connectivity index (χ4v) is 2.62. The average Bonchev–Trinajstić information content (AvgIpc) is 2.70. The molecule has 0 bridgehead atoms. The molecule has 2 rings (SSSR count). The summed E-state index contributed by atoms with van der Waals surface area (Å²) >= 11 is 5.92. The van der Waals surface area contributed by atoms with E-state index >= 15 is 0 Å². The summed E-state index contributed by atoms with van der Waals surface area (Å²) in [5, 5.41) is 3.34. The Bertz CT molecular complexity index is 810. The summed E-state index contributed by atoms with van der Waals surface area (Å²) < 4.78 is 5.10. The van der Waals surface area contributed by atoms with Crippen LogP contribution < -0.4 is 10.1 Å². The van der Waals surface area contributed by atoms with Crippen molar-refractivity contribution in [3.8, 4) is 5.75 Å². The van der Waals surface area contributed by atoms with Gasteiger partial charge < -0.3 is 15.0 Å². The van der Waals surface area contributed by atoms with E-state index in [0.717, 1.165) is 5.56 Å². The molecule has 2 aromatic carbocycles. The van der Waals surface area contributed by atoms with Gasteiger partial charge in [-0.15, -0.1) is 0 Å². The molecule has 0 aromatic heterocycles. The van der Waals surface area contributed by atoms with Crippen LogP contribution in [0.2, 0.25) is 5.02 Å². The fraction of sp³-hybridized carbons (Fsp3) is 0.238. The Hall–Kier alpha value is -2.79. The number of benzene rings is 2. The Kier molecular flexibility index (Phi) is 7.44. The Morgan fingerprint density at radius 2 is 1.63 bits per heavy atom. The van der Waals surface area contributed by atoms with Crippen molar-refractivity contribution < 1.29 is 14.3 Å². The molecule has 0 atom stereocenters. The summed E-state index contributed by atoms with van der Waals surface area (Å²) in [5.74, 6) is 0.0536. The lowest BCUT2D eigenvalue weighted by molar-refractivity contribution is -0.127. The van der Waals surface area contributed by atoms with Crippen molar-refractivity contribution in [2.45, 2.75) is 13.8 Å².